The van der Waals surface area contributed by atoms with Gasteiger partial charge in [-0.1, -0.05) is 18.2 Å². The highest BCUT2D eigenvalue weighted by Gasteiger charge is 2.18. The van der Waals surface area contributed by atoms with Gasteiger partial charge in [-0.25, -0.2) is 4.39 Å². The van der Waals surface area contributed by atoms with Crippen LogP contribution in [-0.4, -0.2) is 5.91 Å². The Kier molecular flexibility index (Phi) is 2.91. The van der Waals surface area contributed by atoms with Crippen LogP contribution < -0.4 is 10.1 Å². The van der Waals surface area contributed by atoms with E-state index in [0.717, 1.165) is 5.56 Å². The number of amides is 1. The minimum atomic E-state index is -0.355. The van der Waals surface area contributed by atoms with Gasteiger partial charge in [0.1, 0.15) is 11.6 Å². The van der Waals surface area contributed by atoms with Gasteiger partial charge in [0.25, 0.3) is 0 Å². The van der Waals surface area contributed by atoms with Gasteiger partial charge in [0.2, 0.25) is 5.91 Å². The van der Waals surface area contributed by atoms with E-state index in [9.17, 15) is 9.18 Å². The molecule has 1 aliphatic rings. The molecule has 0 fully saturated rings. The van der Waals surface area contributed by atoms with Gasteiger partial charge in [-0.2, -0.15) is 0 Å². The Balaban J connectivity index is 1.95. The molecule has 0 unspecified atom stereocenters. The Bertz CT molecular complexity index is 640. The molecule has 1 heterocycles. The molecule has 2 aromatic carbocycles. The first-order valence-corrected chi connectivity index (χ1v) is 6.07. The number of halogens is 1. The Morgan fingerprint density at radius 3 is 2.79 bits per heavy atom. The zero-order chi connectivity index (χ0) is 13.2. The Morgan fingerprint density at radius 1 is 1.11 bits per heavy atom. The smallest absolute Gasteiger partial charge is 0.224 e. The topological polar surface area (TPSA) is 38.3 Å². The molecular weight excluding hydrogens is 245 g/mol. The molecule has 0 saturated heterocycles. The maximum absolute atomic E-state index is 13.1. The highest BCUT2D eigenvalue weighted by atomic mass is 19.1. The lowest BCUT2D eigenvalue weighted by molar-refractivity contribution is -0.116. The normalized spacial score (nSPS) is 13.6. The van der Waals surface area contributed by atoms with Crippen molar-refractivity contribution in [1.82, 2.24) is 0 Å². The Labute approximate surface area is 110 Å². The number of hydrogen-bond acceptors (Lipinski definition) is 2. The fraction of sp³-hybridized carbons (Fsp3) is 0.133. The molecule has 3 rings (SSSR count). The van der Waals surface area contributed by atoms with Crippen LogP contribution in [0.2, 0.25) is 0 Å². The number of ether oxygens (including phenoxy) is 1. The fourth-order valence-corrected chi connectivity index (χ4v) is 2.12. The maximum atomic E-state index is 13.1. The van der Waals surface area contributed by atoms with Crippen molar-refractivity contribution in [2.24, 2.45) is 0 Å². The van der Waals surface area contributed by atoms with E-state index < -0.39 is 0 Å². The predicted molar refractivity (Wildman–Crippen MR) is 69.9 cm³/mol. The zero-order valence-corrected chi connectivity index (χ0v) is 10.2. The van der Waals surface area contributed by atoms with Gasteiger partial charge in [0, 0.05) is 12.5 Å². The average Bonchev–Trinajstić information content (AvgIpc) is 2.39. The van der Waals surface area contributed by atoms with Gasteiger partial charge >= 0.3 is 0 Å². The summed E-state index contributed by atoms with van der Waals surface area (Å²) < 4.78 is 18.8. The second kappa shape index (κ2) is 4.72. The van der Waals surface area contributed by atoms with Crippen molar-refractivity contribution in [3.63, 3.8) is 0 Å². The number of carbonyl (C=O) groups excluding carboxylic acids is 1. The molecule has 3 nitrogen and oxygen atoms in total. The number of para-hydroxylation sites is 1. The first-order valence-electron chi connectivity index (χ1n) is 6.07. The summed E-state index contributed by atoms with van der Waals surface area (Å²) in [5, 5.41) is 2.81. The third-order valence-electron chi connectivity index (χ3n) is 3.02. The van der Waals surface area contributed by atoms with Crippen LogP contribution in [0.25, 0.3) is 0 Å². The van der Waals surface area contributed by atoms with Gasteiger partial charge in [-0.05, 0) is 30.2 Å². The Morgan fingerprint density at radius 2 is 1.95 bits per heavy atom. The highest BCUT2D eigenvalue weighted by Crippen LogP contribution is 2.35. The molecule has 4 heteroatoms. The van der Waals surface area contributed by atoms with Crippen LogP contribution >= 0.6 is 0 Å². The molecule has 19 heavy (non-hydrogen) atoms. The van der Waals surface area contributed by atoms with Crippen LogP contribution in [0.1, 0.15) is 12.0 Å². The van der Waals surface area contributed by atoms with E-state index in [2.05, 4.69) is 5.32 Å². The first-order chi connectivity index (χ1) is 9.22. The molecule has 0 aromatic heterocycles. The molecule has 1 amide bonds. The van der Waals surface area contributed by atoms with E-state index >= 15 is 0 Å². The molecule has 1 aliphatic heterocycles. The molecule has 2 aromatic rings. The second-order valence-electron chi connectivity index (χ2n) is 4.40. The van der Waals surface area contributed by atoms with Crippen LogP contribution in [0.15, 0.2) is 42.5 Å². The molecule has 0 atom stereocenters. The molecule has 0 spiro atoms. The average molecular weight is 257 g/mol. The Hall–Kier alpha value is -2.36. The number of fused-ring (bicyclic) bond motifs is 1. The van der Waals surface area contributed by atoms with Gasteiger partial charge in [-0.15, -0.1) is 0 Å². The molecule has 1 N–H and O–H groups in total. The summed E-state index contributed by atoms with van der Waals surface area (Å²) in [4.78, 5) is 11.5. The van der Waals surface area contributed by atoms with Crippen LogP contribution in [0.5, 0.6) is 11.5 Å². The summed E-state index contributed by atoms with van der Waals surface area (Å²) in [5.74, 6) is 0.568. The van der Waals surface area contributed by atoms with Gasteiger partial charge in [-0.3, -0.25) is 4.79 Å². The molecule has 0 radical (unpaired) electrons. The van der Waals surface area contributed by atoms with Crippen LogP contribution in [-0.2, 0) is 11.2 Å². The van der Waals surface area contributed by atoms with Crippen molar-refractivity contribution in [2.75, 3.05) is 5.32 Å². The van der Waals surface area contributed by atoms with E-state index in [-0.39, 0.29) is 11.7 Å². The van der Waals surface area contributed by atoms with E-state index in [0.29, 0.717) is 30.0 Å². The van der Waals surface area contributed by atoms with E-state index in [4.69, 9.17) is 4.74 Å². The quantitative estimate of drug-likeness (QED) is 0.894. The van der Waals surface area contributed by atoms with Crippen molar-refractivity contribution in [2.45, 2.75) is 12.8 Å². The van der Waals surface area contributed by atoms with Crippen molar-refractivity contribution in [3.05, 3.63) is 53.8 Å². The molecule has 0 saturated carbocycles. The second-order valence-corrected chi connectivity index (χ2v) is 4.40. The summed E-state index contributed by atoms with van der Waals surface area (Å²) in [6.45, 7) is 0. The SMILES string of the molecule is O=C1CCc2cccc(Oc3cccc(F)c3)c2N1. The third kappa shape index (κ3) is 2.42. The first kappa shape index (κ1) is 11.7. The lowest BCUT2D eigenvalue weighted by Crippen LogP contribution is -2.19. The lowest BCUT2D eigenvalue weighted by atomic mass is 10.0. The largest absolute Gasteiger partial charge is 0.455 e. The number of aryl methyl sites for hydroxylation is 1. The molecular formula is C15H12FNO2. The molecule has 0 bridgehead atoms. The molecule has 0 aliphatic carbocycles. The summed E-state index contributed by atoms with van der Waals surface area (Å²) in [7, 11) is 0. The third-order valence-corrected chi connectivity index (χ3v) is 3.02. The van der Waals surface area contributed by atoms with Gasteiger partial charge in [0.05, 0.1) is 5.69 Å². The van der Waals surface area contributed by atoms with Crippen molar-refractivity contribution < 1.29 is 13.9 Å². The van der Waals surface area contributed by atoms with E-state index in [1.54, 1.807) is 18.2 Å². The van der Waals surface area contributed by atoms with E-state index in [1.807, 2.05) is 12.1 Å². The number of benzene rings is 2. The van der Waals surface area contributed by atoms with Gasteiger partial charge < -0.3 is 10.1 Å². The predicted octanol–water partition coefficient (Wildman–Crippen LogP) is 3.50. The fourth-order valence-electron chi connectivity index (χ4n) is 2.12. The van der Waals surface area contributed by atoms with Crippen molar-refractivity contribution in [1.29, 1.82) is 0 Å². The lowest BCUT2D eigenvalue weighted by Gasteiger charge is -2.20. The van der Waals surface area contributed by atoms with Crippen LogP contribution in [0.4, 0.5) is 10.1 Å². The number of nitrogens with one attached hydrogen (secondary N) is 1. The monoisotopic (exact) mass is 257 g/mol. The van der Waals surface area contributed by atoms with Crippen LogP contribution in [0.3, 0.4) is 0 Å². The minimum absolute atomic E-state index is 0.0252. The van der Waals surface area contributed by atoms with Crippen molar-refractivity contribution in [3.8, 4) is 11.5 Å². The standard InChI is InChI=1S/C15H12FNO2/c16-11-4-2-5-12(9-11)19-13-6-1-3-10-7-8-14(18)17-15(10)13/h1-6,9H,7-8H2,(H,17,18). The maximum Gasteiger partial charge on any atom is 0.224 e. The zero-order valence-electron chi connectivity index (χ0n) is 10.2. The number of carbonyl (C=O) groups is 1. The summed E-state index contributed by atoms with van der Waals surface area (Å²) >= 11 is 0. The van der Waals surface area contributed by atoms with E-state index in [1.165, 1.54) is 12.1 Å². The number of anilines is 1. The minimum Gasteiger partial charge on any atom is -0.455 e. The highest BCUT2D eigenvalue weighted by molar-refractivity contribution is 5.95. The summed E-state index contributed by atoms with van der Waals surface area (Å²) in [6.07, 6.45) is 1.18. The van der Waals surface area contributed by atoms with Gasteiger partial charge in [0.15, 0.2) is 5.75 Å². The number of rotatable bonds is 2. The summed E-state index contributed by atoms with van der Waals surface area (Å²) in [5.41, 5.74) is 1.72. The molecule has 96 valence electrons. The van der Waals surface area contributed by atoms with Crippen molar-refractivity contribution >= 4 is 11.6 Å². The summed E-state index contributed by atoms with van der Waals surface area (Å²) in [6, 6.07) is 11.5. The number of hydrogen-bond donors (Lipinski definition) is 1. The van der Waals surface area contributed by atoms with Crippen LogP contribution in [0, 0.1) is 5.82 Å².